The molecule has 2 rings (SSSR count). The molecule has 38 heavy (non-hydrogen) atoms. The number of ether oxygens (including phenoxy) is 1. The van der Waals surface area contributed by atoms with Gasteiger partial charge in [0.2, 0.25) is 0 Å². The number of carbonyl (C=O) groups is 2. The lowest BCUT2D eigenvalue weighted by atomic mass is 9.95. The van der Waals surface area contributed by atoms with Gasteiger partial charge in [0.25, 0.3) is 5.09 Å². The van der Waals surface area contributed by atoms with Gasteiger partial charge in [-0.05, 0) is 62.7 Å². The number of allylic oxidation sites excluding steroid dienone is 1. The average Bonchev–Trinajstić information content (AvgIpc) is 3.16. The summed E-state index contributed by atoms with van der Waals surface area (Å²) in [6.07, 6.45) is 13.8. The molecule has 1 aliphatic carbocycles. The van der Waals surface area contributed by atoms with Gasteiger partial charge in [0, 0.05) is 25.2 Å². The van der Waals surface area contributed by atoms with Crippen molar-refractivity contribution in [3.8, 4) is 5.75 Å². The van der Waals surface area contributed by atoms with Gasteiger partial charge >= 0.3 is 5.97 Å². The third-order valence-corrected chi connectivity index (χ3v) is 6.74. The number of esters is 1. The molecule has 0 aromatic heterocycles. The number of carbonyl (C=O) groups excluding carboxylic acids is 2. The first kappa shape index (κ1) is 31.2. The first-order valence-electron chi connectivity index (χ1n) is 13.5. The fourth-order valence-corrected chi connectivity index (χ4v) is 4.69. The number of aryl methyl sites for hydroxylation is 1. The van der Waals surface area contributed by atoms with E-state index >= 15 is 0 Å². The summed E-state index contributed by atoms with van der Waals surface area (Å²) in [7, 11) is 0. The van der Waals surface area contributed by atoms with Crippen molar-refractivity contribution in [3.05, 3.63) is 64.2 Å². The molecule has 0 aliphatic heterocycles. The Morgan fingerprint density at radius 2 is 2.00 bits per heavy atom. The van der Waals surface area contributed by atoms with Gasteiger partial charge in [-0.25, -0.2) is 0 Å². The van der Waals surface area contributed by atoms with Crippen molar-refractivity contribution in [2.45, 2.75) is 102 Å². The first-order chi connectivity index (χ1) is 18.3. The summed E-state index contributed by atoms with van der Waals surface area (Å²) in [5, 5.41) is 31.5. The maximum atomic E-state index is 12.4. The standard InChI is InChI=1S/C29H41NO8/c1-2-3-7-14-28(33)37-25(17-15-23-12-8-9-13-27(23)38-30(35)36)18-16-24-21-29(34,22-26(24)32)19-10-5-4-6-11-20-31/h5,8-10,12-13,16,18,20,24-26,32,34H,2-4,6-7,11,14-15,17,19,21-22H2,1H3/b10-5?,18-16+/t24?,25-,26?,29?/m0/s1. The normalized spacial score (nSPS) is 22.1. The summed E-state index contributed by atoms with van der Waals surface area (Å²) >= 11 is 0. The number of nitrogens with zero attached hydrogens (tertiary/aromatic N) is 1. The Hall–Kier alpha value is -3.04. The molecule has 210 valence electrons. The predicted molar refractivity (Wildman–Crippen MR) is 143 cm³/mol. The van der Waals surface area contributed by atoms with Crippen LogP contribution in [-0.2, 0) is 20.7 Å². The number of unbranched alkanes of at least 4 members (excludes halogenated alkanes) is 4. The van der Waals surface area contributed by atoms with Gasteiger partial charge in [-0.3, -0.25) is 9.63 Å². The molecule has 1 aromatic carbocycles. The van der Waals surface area contributed by atoms with Crippen LogP contribution in [0.1, 0.15) is 83.1 Å². The highest BCUT2D eigenvalue weighted by atomic mass is 17.0. The summed E-state index contributed by atoms with van der Waals surface area (Å²) in [5.74, 6) is -0.467. The van der Waals surface area contributed by atoms with Gasteiger partial charge in [-0.2, -0.15) is 0 Å². The summed E-state index contributed by atoms with van der Waals surface area (Å²) in [6, 6.07) is 6.66. The van der Waals surface area contributed by atoms with Gasteiger partial charge in [-0.15, -0.1) is 10.1 Å². The summed E-state index contributed by atoms with van der Waals surface area (Å²) in [6.45, 7) is 2.05. The Morgan fingerprint density at radius 1 is 1.21 bits per heavy atom. The van der Waals surface area contributed by atoms with E-state index in [2.05, 4.69) is 11.8 Å². The Morgan fingerprint density at radius 3 is 2.74 bits per heavy atom. The molecule has 9 heteroatoms. The molecule has 3 unspecified atom stereocenters. The summed E-state index contributed by atoms with van der Waals surface area (Å²) in [4.78, 5) is 38.4. The van der Waals surface area contributed by atoms with Crippen LogP contribution in [0.5, 0.6) is 5.75 Å². The summed E-state index contributed by atoms with van der Waals surface area (Å²) in [5.41, 5.74) is -0.402. The lowest BCUT2D eigenvalue weighted by Crippen LogP contribution is -2.24. The number of aliphatic hydroxyl groups is 2. The smallest absolute Gasteiger partial charge is 0.306 e. The second-order valence-electron chi connectivity index (χ2n) is 9.97. The number of aliphatic hydroxyl groups excluding tert-OH is 1. The van der Waals surface area contributed by atoms with E-state index in [1.807, 2.05) is 12.2 Å². The van der Waals surface area contributed by atoms with Crippen LogP contribution in [0.4, 0.5) is 0 Å². The second-order valence-corrected chi connectivity index (χ2v) is 9.97. The highest BCUT2D eigenvalue weighted by Crippen LogP contribution is 2.38. The minimum Gasteiger partial charge on any atom is -0.458 e. The first-order valence-corrected chi connectivity index (χ1v) is 13.5. The van der Waals surface area contributed by atoms with Crippen LogP contribution in [-0.4, -0.2) is 45.4 Å². The van der Waals surface area contributed by atoms with Crippen molar-refractivity contribution in [1.82, 2.24) is 0 Å². The zero-order chi connectivity index (χ0) is 27.8. The Bertz CT molecular complexity index is 946. The Balaban J connectivity index is 2.04. The lowest BCUT2D eigenvalue weighted by Gasteiger charge is -2.20. The van der Waals surface area contributed by atoms with Gasteiger partial charge < -0.3 is 19.7 Å². The number of benzene rings is 1. The highest BCUT2D eigenvalue weighted by molar-refractivity contribution is 5.69. The van der Waals surface area contributed by atoms with Gasteiger partial charge in [0.15, 0.2) is 0 Å². The quantitative estimate of drug-likeness (QED) is 0.0670. The molecule has 2 N–H and O–H groups in total. The maximum absolute atomic E-state index is 12.4. The maximum Gasteiger partial charge on any atom is 0.306 e. The average molecular weight is 532 g/mol. The van der Waals surface area contributed by atoms with E-state index in [-0.39, 0.29) is 24.1 Å². The molecule has 0 radical (unpaired) electrons. The molecule has 4 atom stereocenters. The molecule has 1 fully saturated rings. The molecule has 0 amide bonds. The monoisotopic (exact) mass is 531 g/mol. The molecular weight excluding hydrogens is 490 g/mol. The molecule has 0 saturated heterocycles. The van der Waals surface area contributed by atoms with E-state index in [1.165, 1.54) is 6.07 Å². The van der Waals surface area contributed by atoms with Crippen molar-refractivity contribution >= 4 is 12.3 Å². The van der Waals surface area contributed by atoms with Crippen molar-refractivity contribution in [2.24, 2.45) is 5.92 Å². The number of para-hydroxylation sites is 1. The topological polar surface area (TPSA) is 136 Å². The third kappa shape index (κ3) is 11.6. The van der Waals surface area contributed by atoms with Crippen molar-refractivity contribution < 1.29 is 34.5 Å². The van der Waals surface area contributed by atoms with E-state index in [0.717, 1.165) is 38.4 Å². The minimum atomic E-state index is -1.03. The van der Waals surface area contributed by atoms with Crippen LogP contribution >= 0.6 is 0 Å². The largest absolute Gasteiger partial charge is 0.458 e. The van der Waals surface area contributed by atoms with Gasteiger partial charge in [-0.1, -0.05) is 56.2 Å². The van der Waals surface area contributed by atoms with E-state index in [1.54, 1.807) is 30.4 Å². The molecule has 0 heterocycles. The van der Waals surface area contributed by atoms with Crippen LogP contribution in [0.2, 0.25) is 0 Å². The van der Waals surface area contributed by atoms with E-state index in [0.29, 0.717) is 44.1 Å². The second kappa shape index (κ2) is 16.7. The minimum absolute atomic E-state index is 0.144. The lowest BCUT2D eigenvalue weighted by molar-refractivity contribution is -0.711. The fourth-order valence-electron chi connectivity index (χ4n) is 4.69. The van der Waals surface area contributed by atoms with Crippen LogP contribution in [0.3, 0.4) is 0 Å². The Labute approximate surface area is 224 Å². The van der Waals surface area contributed by atoms with Crippen LogP contribution in [0.25, 0.3) is 0 Å². The molecule has 1 aliphatic rings. The van der Waals surface area contributed by atoms with Crippen molar-refractivity contribution in [3.63, 3.8) is 0 Å². The molecule has 1 saturated carbocycles. The van der Waals surface area contributed by atoms with Crippen LogP contribution < -0.4 is 4.84 Å². The number of aldehydes is 1. The highest BCUT2D eigenvalue weighted by Gasteiger charge is 2.41. The number of hydrogen-bond acceptors (Lipinski definition) is 8. The van der Waals surface area contributed by atoms with E-state index in [4.69, 9.17) is 4.74 Å². The predicted octanol–water partition coefficient (Wildman–Crippen LogP) is 5.06. The molecule has 1 aromatic rings. The Kier molecular flexibility index (Phi) is 13.7. The fraction of sp³-hybridized carbons (Fsp3) is 0.586. The zero-order valence-electron chi connectivity index (χ0n) is 22.2. The zero-order valence-corrected chi connectivity index (χ0v) is 22.2. The third-order valence-electron chi connectivity index (χ3n) is 6.74. The van der Waals surface area contributed by atoms with Crippen LogP contribution in [0, 0.1) is 16.0 Å². The molecule has 0 bridgehead atoms. The van der Waals surface area contributed by atoms with Gasteiger partial charge in [0.1, 0.15) is 18.1 Å². The van der Waals surface area contributed by atoms with E-state index < -0.39 is 22.9 Å². The number of rotatable bonds is 18. The molecular formula is C29H41NO8. The van der Waals surface area contributed by atoms with Crippen molar-refractivity contribution in [1.29, 1.82) is 0 Å². The SMILES string of the molecule is CCCCCC(=O)O[C@H](/C=C/C1CC(O)(CC=CCCCC=O)CC1O)CCc1ccccc1O[N+](=O)[O-]. The number of hydrogen-bond donors (Lipinski definition) is 2. The van der Waals surface area contributed by atoms with Gasteiger partial charge in [0.05, 0.1) is 11.7 Å². The molecule has 0 spiro atoms. The van der Waals surface area contributed by atoms with Crippen molar-refractivity contribution in [2.75, 3.05) is 0 Å². The summed E-state index contributed by atoms with van der Waals surface area (Å²) < 4.78 is 5.72. The van der Waals surface area contributed by atoms with Crippen LogP contribution in [0.15, 0.2) is 48.6 Å². The van der Waals surface area contributed by atoms with E-state index in [9.17, 15) is 29.9 Å². The molecule has 9 nitrogen and oxygen atoms in total.